The molecule has 0 fully saturated rings. The first-order chi connectivity index (χ1) is 8.22. The quantitative estimate of drug-likeness (QED) is 0.640. The molecule has 3 heteroatoms. The third-order valence-corrected chi connectivity index (χ3v) is 3.00. The van der Waals surface area contributed by atoms with Gasteiger partial charge in [-0.3, -0.25) is 9.59 Å². The molecule has 2 aromatic rings. The van der Waals surface area contributed by atoms with Crippen molar-refractivity contribution >= 4 is 11.6 Å². The van der Waals surface area contributed by atoms with E-state index in [1.54, 1.807) is 30.3 Å². The van der Waals surface area contributed by atoms with Crippen molar-refractivity contribution in [2.75, 3.05) is 0 Å². The molecule has 1 heterocycles. The molecule has 0 aliphatic heterocycles. The van der Waals surface area contributed by atoms with Crippen LogP contribution in [0.15, 0.2) is 34.7 Å². The van der Waals surface area contributed by atoms with Gasteiger partial charge in [-0.25, -0.2) is 0 Å². The van der Waals surface area contributed by atoms with Gasteiger partial charge < -0.3 is 4.42 Å². The minimum absolute atomic E-state index is 0.126. The Kier molecular flexibility index (Phi) is 2.01. The third kappa shape index (κ3) is 1.29. The zero-order chi connectivity index (χ0) is 12.0. The molecule has 0 spiro atoms. The second-order valence-electron chi connectivity index (χ2n) is 4.01. The molecule has 0 unspecified atom stereocenters. The summed E-state index contributed by atoms with van der Waals surface area (Å²) in [5.41, 5.74) is 1.29. The Labute approximate surface area is 98.1 Å². The summed E-state index contributed by atoms with van der Waals surface area (Å²) in [5.74, 6) is 0.531. The van der Waals surface area contributed by atoms with Crippen molar-refractivity contribution in [1.29, 1.82) is 0 Å². The molecule has 1 aromatic heterocycles. The molecule has 1 aromatic carbocycles. The van der Waals surface area contributed by atoms with Crippen molar-refractivity contribution in [2.24, 2.45) is 0 Å². The zero-order valence-electron chi connectivity index (χ0n) is 9.32. The largest absolute Gasteiger partial charge is 0.457 e. The van der Waals surface area contributed by atoms with Crippen LogP contribution in [0.1, 0.15) is 44.7 Å². The number of hydrogen-bond donors (Lipinski definition) is 0. The van der Waals surface area contributed by atoms with Gasteiger partial charge in [-0.05, 0) is 6.07 Å². The van der Waals surface area contributed by atoms with E-state index >= 15 is 0 Å². The number of fused-ring (bicyclic) bond motifs is 2. The summed E-state index contributed by atoms with van der Waals surface area (Å²) in [7, 11) is 0. The molecule has 0 saturated heterocycles. The molecule has 0 bridgehead atoms. The van der Waals surface area contributed by atoms with Crippen LogP contribution in [0.4, 0.5) is 0 Å². The van der Waals surface area contributed by atoms with Crippen molar-refractivity contribution in [2.45, 2.75) is 13.3 Å². The summed E-state index contributed by atoms with van der Waals surface area (Å²) in [6.07, 6.45) is 0.671. The smallest absolute Gasteiger partial charge is 0.229 e. The highest BCUT2D eigenvalue weighted by Gasteiger charge is 2.32. The fraction of sp³-hybridized carbons (Fsp3) is 0.143. The first-order valence-electron chi connectivity index (χ1n) is 5.53. The molecular weight excluding hydrogens is 216 g/mol. The maximum atomic E-state index is 12.2. The average Bonchev–Trinajstić information content (AvgIpc) is 2.80. The van der Waals surface area contributed by atoms with E-state index in [2.05, 4.69) is 0 Å². The average molecular weight is 226 g/mol. The lowest BCUT2D eigenvalue weighted by atomic mass is 9.88. The molecule has 3 nitrogen and oxygen atoms in total. The van der Waals surface area contributed by atoms with Gasteiger partial charge in [-0.15, -0.1) is 0 Å². The van der Waals surface area contributed by atoms with E-state index in [1.807, 2.05) is 6.92 Å². The summed E-state index contributed by atoms with van der Waals surface area (Å²) in [6.45, 7) is 1.92. The van der Waals surface area contributed by atoms with E-state index in [0.717, 1.165) is 0 Å². The normalized spacial score (nSPS) is 13.5. The molecule has 84 valence electrons. The van der Waals surface area contributed by atoms with E-state index in [1.165, 1.54) is 0 Å². The first-order valence-corrected chi connectivity index (χ1v) is 5.53. The van der Waals surface area contributed by atoms with Crippen LogP contribution >= 0.6 is 0 Å². The predicted molar refractivity (Wildman–Crippen MR) is 61.4 cm³/mol. The summed E-state index contributed by atoms with van der Waals surface area (Å²) < 4.78 is 5.42. The standard InChI is InChI=1S/C14H10O3/c1-2-8-7-11-12(15)9-5-3-4-6-10(9)13(16)14(11)17-8/h3-7H,2H2,1H3. The van der Waals surface area contributed by atoms with Crippen LogP contribution in [-0.4, -0.2) is 11.6 Å². The predicted octanol–water partition coefficient (Wildman–Crippen LogP) is 2.62. The summed E-state index contributed by atoms with van der Waals surface area (Å²) in [5, 5.41) is 0. The van der Waals surface area contributed by atoms with Gasteiger partial charge in [0, 0.05) is 17.5 Å². The number of hydrogen-bond acceptors (Lipinski definition) is 3. The van der Waals surface area contributed by atoms with Gasteiger partial charge in [0.05, 0.1) is 5.56 Å². The van der Waals surface area contributed by atoms with Crippen molar-refractivity contribution < 1.29 is 14.0 Å². The Bertz CT molecular complexity index is 582. The molecule has 1 aliphatic carbocycles. The van der Waals surface area contributed by atoms with Crippen LogP contribution in [0.3, 0.4) is 0 Å². The van der Waals surface area contributed by atoms with Crippen LogP contribution in [0.25, 0.3) is 0 Å². The number of furan rings is 1. The second-order valence-corrected chi connectivity index (χ2v) is 4.01. The number of aryl methyl sites for hydroxylation is 1. The fourth-order valence-electron chi connectivity index (χ4n) is 2.10. The van der Waals surface area contributed by atoms with Gasteiger partial charge in [0.15, 0.2) is 11.5 Å². The Morgan fingerprint density at radius 1 is 1.00 bits per heavy atom. The Morgan fingerprint density at radius 2 is 1.65 bits per heavy atom. The second kappa shape index (κ2) is 3.42. The van der Waals surface area contributed by atoms with Crippen molar-refractivity contribution in [3.05, 3.63) is 58.5 Å². The highest BCUT2D eigenvalue weighted by atomic mass is 16.3. The molecule has 0 radical (unpaired) electrons. The lowest BCUT2D eigenvalue weighted by Crippen LogP contribution is -2.18. The molecule has 0 amide bonds. The van der Waals surface area contributed by atoms with E-state index < -0.39 is 0 Å². The molecule has 1 aliphatic rings. The van der Waals surface area contributed by atoms with Gasteiger partial charge in [0.2, 0.25) is 5.78 Å². The van der Waals surface area contributed by atoms with Crippen molar-refractivity contribution in [3.8, 4) is 0 Å². The van der Waals surface area contributed by atoms with Crippen LogP contribution < -0.4 is 0 Å². The van der Waals surface area contributed by atoms with Gasteiger partial charge >= 0.3 is 0 Å². The van der Waals surface area contributed by atoms with Crippen LogP contribution in [0.2, 0.25) is 0 Å². The zero-order valence-corrected chi connectivity index (χ0v) is 9.32. The van der Waals surface area contributed by atoms with Gasteiger partial charge in [0.1, 0.15) is 5.76 Å². The highest BCUT2D eigenvalue weighted by molar-refractivity contribution is 6.27. The Morgan fingerprint density at radius 3 is 2.29 bits per heavy atom. The van der Waals surface area contributed by atoms with Gasteiger partial charge in [-0.1, -0.05) is 31.2 Å². The topological polar surface area (TPSA) is 47.3 Å². The summed E-state index contributed by atoms with van der Waals surface area (Å²) in [4.78, 5) is 24.3. The van der Waals surface area contributed by atoms with Gasteiger partial charge in [0.25, 0.3) is 0 Å². The van der Waals surface area contributed by atoms with E-state index in [0.29, 0.717) is 28.9 Å². The van der Waals surface area contributed by atoms with Crippen LogP contribution in [-0.2, 0) is 6.42 Å². The maximum Gasteiger partial charge on any atom is 0.229 e. The first kappa shape index (κ1) is 10.0. The SMILES string of the molecule is CCc1cc2c(o1)C(=O)c1ccccc1C2=O. The number of benzene rings is 1. The van der Waals surface area contributed by atoms with E-state index in [9.17, 15) is 9.59 Å². The lowest BCUT2D eigenvalue weighted by Gasteiger charge is -2.11. The highest BCUT2D eigenvalue weighted by Crippen LogP contribution is 2.29. The molecule has 0 N–H and O–H groups in total. The van der Waals surface area contributed by atoms with Crippen LogP contribution in [0.5, 0.6) is 0 Å². The van der Waals surface area contributed by atoms with Gasteiger partial charge in [-0.2, -0.15) is 0 Å². The number of rotatable bonds is 1. The Balaban J connectivity index is 2.27. The molecular formula is C14H10O3. The molecule has 17 heavy (non-hydrogen) atoms. The number of carbonyl (C=O) groups is 2. The lowest BCUT2D eigenvalue weighted by molar-refractivity contribution is 0.0959. The van der Waals surface area contributed by atoms with Crippen LogP contribution in [0, 0.1) is 0 Å². The fourth-order valence-corrected chi connectivity index (χ4v) is 2.10. The monoisotopic (exact) mass is 226 g/mol. The maximum absolute atomic E-state index is 12.2. The number of ketones is 2. The minimum atomic E-state index is -0.199. The van der Waals surface area contributed by atoms with Crippen molar-refractivity contribution in [1.82, 2.24) is 0 Å². The molecule has 0 atom stereocenters. The van der Waals surface area contributed by atoms with E-state index in [4.69, 9.17) is 4.42 Å². The minimum Gasteiger partial charge on any atom is -0.457 e. The summed E-state index contributed by atoms with van der Waals surface area (Å²) >= 11 is 0. The molecule has 3 rings (SSSR count). The molecule has 0 saturated carbocycles. The van der Waals surface area contributed by atoms with Crippen molar-refractivity contribution in [3.63, 3.8) is 0 Å². The third-order valence-electron chi connectivity index (χ3n) is 3.00. The summed E-state index contributed by atoms with van der Waals surface area (Å²) in [6, 6.07) is 8.52. The van der Waals surface area contributed by atoms with E-state index in [-0.39, 0.29) is 17.3 Å². The Hall–Kier alpha value is -2.16. The number of carbonyl (C=O) groups excluding carboxylic acids is 2.